The number of carbonyl (C=O) groups excluding carboxylic acids is 1. The molecule has 0 aliphatic carbocycles. The first-order valence-electron chi connectivity index (χ1n) is 8.90. The Hall–Kier alpha value is -1.95. The molecule has 3 atom stereocenters. The van der Waals surface area contributed by atoms with Crippen molar-refractivity contribution in [3.05, 3.63) is 41.6 Å². The number of allylic oxidation sites excluding steroid dienone is 1. The van der Waals surface area contributed by atoms with Crippen molar-refractivity contribution in [1.29, 1.82) is 0 Å². The molecule has 0 saturated carbocycles. The second-order valence-electron chi connectivity index (χ2n) is 6.60. The lowest BCUT2D eigenvalue weighted by atomic mass is 9.64. The molecule has 26 heavy (non-hydrogen) atoms. The summed E-state index contributed by atoms with van der Waals surface area (Å²) in [6.07, 6.45) is 0.452. The average Bonchev–Trinajstić information content (AvgIpc) is 2.58. The molecule has 142 valence electrons. The van der Waals surface area contributed by atoms with Crippen LogP contribution < -0.4 is 5.32 Å². The van der Waals surface area contributed by atoms with Crippen LogP contribution in [-0.2, 0) is 14.3 Å². The largest absolute Gasteiger partial charge is 0.481 e. The number of carboxylic acids is 1. The minimum absolute atomic E-state index is 0.266. The average molecular weight is 378 g/mol. The molecule has 0 aromatic heterocycles. The van der Waals surface area contributed by atoms with Crippen LogP contribution in [0.25, 0.3) is 0 Å². The lowest BCUT2D eigenvalue weighted by Gasteiger charge is -2.45. The monoisotopic (exact) mass is 377 g/mol. The molecule has 0 bridgehead atoms. The Kier molecular flexibility index (Phi) is 6.75. The number of carboxylic acid groups (broad SMARTS) is 1. The number of hydrogen-bond acceptors (Lipinski definition) is 5. The zero-order valence-corrected chi connectivity index (χ0v) is 16.6. The molecule has 0 radical (unpaired) electrons. The van der Waals surface area contributed by atoms with Crippen molar-refractivity contribution in [1.82, 2.24) is 5.32 Å². The van der Waals surface area contributed by atoms with E-state index in [-0.39, 0.29) is 12.6 Å². The maximum atomic E-state index is 12.4. The van der Waals surface area contributed by atoms with Gasteiger partial charge in [-0.3, -0.25) is 4.79 Å². The Morgan fingerprint density at radius 1 is 1.27 bits per heavy atom. The fourth-order valence-electron chi connectivity index (χ4n) is 3.79. The van der Waals surface area contributed by atoms with Crippen LogP contribution in [0.3, 0.4) is 0 Å². The number of nitrogens with one attached hydrogen (secondary N) is 1. The third kappa shape index (κ3) is 3.90. The molecule has 0 amide bonds. The summed E-state index contributed by atoms with van der Waals surface area (Å²) >= 11 is 1.63. The highest BCUT2D eigenvalue weighted by atomic mass is 32.2. The Bertz CT molecular complexity index is 688. The maximum absolute atomic E-state index is 12.4. The standard InChI is InChI=1S/C20H27NO4S/c1-5-25-18(22)17-13(2)20(19(23)24,15(4)21-14(17)3)11-12-26-16-9-7-6-8-10-16/h6-10,13,15,21H,5,11-12H2,1-4H3,(H,23,24). The van der Waals surface area contributed by atoms with Crippen LogP contribution in [0, 0.1) is 11.3 Å². The molecule has 2 N–H and O–H groups in total. The predicted octanol–water partition coefficient (Wildman–Crippen LogP) is 3.70. The van der Waals surface area contributed by atoms with Crippen molar-refractivity contribution in [2.75, 3.05) is 12.4 Å². The topological polar surface area (TPSA) is 75.6 Å². The van der Waals surface area contributed by atoms with Gasteiger partial charge in [-0.05, 0) is 45.1 Å². The van der Waals surface area contributed by atoms with Gasteiger partial charge in [0, 0.05) is 22.6 Å². The second kappa shape index (κ2) is 8.62. The van der Waals surface area contributed by atoms with Crippen LogP contribution >= 0.6 is 11.8 Å². The third-order valence-electron chi connectivity index (χ3n) is 5.24. The molecule has 1 aromatic carbocycles. The van der Waals surface area contributed by atoms with Crippen molar-refractivity contribution in [3.63, 3.8) is 0 Å². The van der Waals surface area contributed by atoms with Crippen LogP contribution in [0.1, 0.15) is 34.1 Å². The summed E-state index contributed by atoms with van der Waals surface area (Å²) in [5.41, 5.74) is 0.0803. The van der Waals surface area contributed by atoms with Crippen LogP contribution in [0.15, 0.2) is 46.5 Å². The van der Waals surface area contributed by atoms with Gasteiger partial charge >= 0.3 is 11.9 Å². The van der Waals surface area contributed by atoms with Gasteiger partial charge < -0.3 is 15.2 Å². The number of ether oxygens (including phenoxy) is 1. The molecule has 3 unspecified atom stereocenters. The molecular weight excluding hydrogens is 350 g/mol. The second-order valence-corrected chi connectivity index (χ2v) is 7.77. The Labute approximate surface area is 159 Å². The van der Waals surface area contributed by atoms with Crippen molar-refractivity contribution in [2.45, 2.75) is 45.1 Å². The highest BCUT2D eigenvalue weighted by Crippen LogP contribution is 2.45. The van der Waals surface area contributed by atoms with E-state index >= 15 is 0 Å². The first-order chi connectivity index (χ1) is 12.3. The molecule has 1 aromatic rings. The van der Waals surface area contributed by atoms with Crippen LogP contribution in [0.5, 0.6) is 0 Å². The number of esters is 1. The van der Waals surface area contributed by atoms with E-state index in [1.807, 2.05) is 51.1 Å². The Morgan fingerprint density at radius 3 is 2.50 bits per heavy atom. The Morgan fingerprint density at radius 2 is 1.92 bits per heavy atom. The van der Waals surface area contributed by atoms with E-state index in [2.05, 4.69) is 5.32 Å². The third-order valence-corrected chi connectivity index (χ3v) is 6.25. The molecule has 5 nitrogen and oxygen atoms in total. The summed E-state index contributed by atoms with van der Waals surface area (Å²) in [5.74, 6) is -1.10. The van der Waals surface area contributed by atoms with Crippen molar-refractivity contribution in [3.8, 4) is 0 Å². The van der Waals surface area contributed by atoms with Gasteiger partial charge in [-0.25, -0.2) is 4.79 Å². The van der Waals surface area contributed by atoms with E-state index in [0.29, 0.717) is 23.4 Å². The number of hydrogen-bond donors (Lipinski definition) is 2. The van der Waals surface area contributed by atoms with Gasteiger partial charge in [0.05, 0.1) is 17.6 Å². The molecular formula is C20H27NO4S. The molecule has 1 aliphatic heterocycles. The summed E-state index contributed by atoms with van der Waals surface area (Å²) in [6, 6.07) is 9.62. The SMILES string of the molecule is CCOC(=O)C1=C(C)NC(C)C(CCSc2ccccc2)(C(=O)O)C1C. The van der Waals surface area contributed by atoms with Gasteiger partial charge in [0.2, 0.25) is 0 Å². The summed E-state index contributed by atoms with van der Waals surface area (Å²) in [4.78, 5) is 25.9. The molecule has 0 fully saturated rings. The highest BCUT2D eigenvalue weighted by Gasteiger charge is 2.53. The Balaban J connectivity index is 2.27. The minimum atomic E-state index is -1.07. The number of benzene rings is 1. The molecule has 6 heteroatoms. The smallest absolute Gasteiger partial charge is 0.336 e. The summed E-state index contributed by atoms with van der Waals surface area (Å²) < 4.78 is 5.17. The van der Waals surface area contributed by atoms with E-state index in [9.17, 15) is 14.7 Å². The minimum Gasteiger partial charge on any atom is -0.481 e. The van der Waals surface area contributed by atoms with Crippen molar-refractivity contribution in [2.24, 2.45) is 11.3 Å². The summed E-state index contributed by atoms with van der Waals surface area (Å²) in [5, 5.41) is 13.3. The maximum Gasteiger partial charge on any atom is 0.336 e. The number of rotatable bonds is 7. The number of aliphatic carboxylic acids is 1. The van der Waals surface area contributed by atoms with E-state index < -0.39 is 23.3 Å². The van der Waals surface area contributed by atoms with Gasteiger partial charge in [-0.2, -0.15) is 0 Å². The van der Waals surface area contributed by atoms with Gasteiger partial charge in [-0.1, -0.05) is 25.1 Å². The molecule has 0 spiro atoms. The zero-order chi connectivity index (χ0) is 19.3. The molecule has 2 rings (SSSR count). The van der Waals surface area contributed by atoms with Gasteiger partial charge in [0.25, 0.3) is 0 Å². The van der Waals surface area contributed by atoms with Gasteiger partial charge in [-0.15, -0.1) is 11.8 Å². The lowest BCUT2D eigenvalue weighted by molar-refractivity contribution is -0.155. The first kappa shape index (κ1) is 20.4. The molecule has 1 aliphatic rings. The normalized spacial score (nSPS) is 25.5. The quantitative estimate of drug-likeness (QED) is 0.557. The van der Waals surface area contributed by atoms with Gasteiger partial charge in [0.15, 0.2) is 0 Å². The van der Waals surface area contributed by atoms with E-state index in [1.54, 1.807) is 18.7 Å². The van der Waals surface area contributed by atoms with E-state index in [0.717, 1.165) is 4.90 Å². The molecule has 0 saturated heterocycles. The molecule has 1 heterocycles. The summed E-state index contributed by atoms with van der Waals surface area (Å²) in [7, 11) is 0. The lowest BCUT2D eigenvalue weighted by Crippen LogP contribution is -2.57. The summed E-state index contributed by atoms with van der Waals surface area (Å²) in [6.45, 7) is 7.53. The van der Waals surface area contributed by atoms with Crippen LogP contribution in [0.2, 0.25) is 0 Å². The fourth-order valence-corrected chi connectivity index (χ4v) is 4.82. The number of thioether (sulfide) groups is 1. The van der Waals surface area contributed by atoms with Gasteiger partial charge in [0.1, 0.15) is 0 Å². The van der Waals surface area contributed by atoms with Crippen LogP contribution in [-0.4, -0.2) is 35.4 Å². The predicted molar refractivity (Wildman–Crippen MR) is 103 cm³/mol. The van der Waals surface area contributed by atoms with Crippen molar-refractivity contribution < 1.29 is 19.4 Å². The van der Waals surface area contributed by atoms with Crippen LogP contribution in [0.4, 0.5) is 0 Å². The number of carbonyl (C=O) groups is 2. The zero-order valence-electron chi connectivity index (χ0n) is 15.7. The highest BCUT2D eigenvalue weighted by molar-refractivity contribution is 7.99. The van der Waals surface area contributed by atoms with Crippen molar-refractivity contribution >= 4 is 23.7 Å². The fraction of sp³-hybridized carbons (Fsp3) is 0.500. The first-order valence-corrected chi connectivity index (χ1v) is 9.88. The van der Waals surface area contributed by atoms with E-state index in [4.69, 9.17) is 4.74 Å². The van der Waals surface area contributed by atoms with E-state index in [1.165, 1.54) is 0 Å².